The van der Waals surface area contributed by atoms with E-state index in [9.17, 15) is 9.59 Å². The van der Waals surface area contributed by atoms with Gasteiger partial charge in [0.25, 0.3) is 0 Å². The number of likely N-dealkylation sites (tertiary alicyclic amines) is 1. The van der Waals surface area contributed by atoms with Crippen molar-refractivity contribution in [3.8, 4) is 17.2 Å². The van der Waals surface area contributed by atoms with Crippen LogP contribution in [0.25, 0.3) is 0 Å². The second kappa shape index (κ2) is 15.0. The van der Waals surface area contributed by atoms with Crippen LogP contribution in [-0.4, -0.2) is 90.7 Å². The van der Waals surface area contributed by atoms with Crippen molar-refractivity contribution in [2.24, 2.45) is 0 Å². The highest BCUT2D eigenvalue weighted by molar-refractivity contribution is 5.85. The molecule has 1 fully saturated rings. The minimum atomic E-state index is -0.249. The molecule has 43 heavy (non-hydrogen) atoms. The normalized spacial score (nSPS) is 20.4. The Labute approximate surface area is 252 Å². The molecule has 0 spiro atoms. The standard InChI is InChI=1S/C32H41N5O6/c1-40-14-4-12-37-20-31(38)35-27-19-36(18-25-17-33-22-34-25)13-11-28(27)42-21-24-5-3-6-26(15-24)43-29-9-7-23(8-10-32(37)39)16-30(29)41-2/h3,5-7,9,15-17,22,27-28H,4,8,10-14,18-21H2,1-2H3,(H,33,34)(H,35,38)/t27-,28+/m0/s1. The zero-order valence-corrected chi connectivity index (χ0v) is 24.9. The van der Waals surface area contributed by atoms with Crippen LogP contribution in [0.3, 0.4) is 0 Å². The molecular weight excluding hydrogens is 550 g/mol. The third kappa shape index (κ3) is 8.56. The Balaban J connectivity index is 1.39. The van der Waals surface area contributed by atoms with Crippen molar-refractivity contribution in [3.05, 3.63) is 71.8 Å². The van der Waals surface area contributed by atoms with Crippen molar-refractivity contribution in [1.82, 2.24) is 25.1 Å². The summed E-state index contributed by atoms with van der Waals surface area (Å²) in [4.78, 5) is 38.0. The molecule has 2 amide bonds. The number of carbonyl (C=O) groups excluding carboxylic acids is 2. The maximum Gasteiger partial charge on any atom is 0.239 e. The van der Waals surface area contributed by atoms with Crippen LogP contribution in [0, 0.1) is 0 Å². The maximum atomic E-state index is 13.5. The Morgan fingerprint density at radius 2 is 2.00 bits per heavy atom. The monoisotopic (exact) mass is 591 g/mol. The molecule has 3 aromatic rings. The van der Waals surface area contributed by atoms with Gasteiger partial charge in [-0.1, -0.05) is 18.2 Å². The maximum absolute atomic E-state index is 13.5. The van der Waals surface area contributed by atoms with Gasteiger partial charge in [0.05, 0.1) is 38.7 Å². The molecule has 2 aromatic carbocycles. The Bertz CT molecular complexity index is 1350. The number of nitrogens with one attached hydrogen (secondary N) is 2. The van der Waals surface area contributed by atoms with E-state index in [1.165, 1.54) is 0 Å². The summed E-state index contributed by atoms with van der Waals surface area (Å²) < 4.78 is 23.5. The van der Waals surface area contributed by atoms with Gasteiger partial charge in [0.15, 0.2) is 11.5 Å². The molecule has 2 atom stereocenters. The SMILES string of the molecule is COCCCN1CC(=O)N[C@H]2CN(Cc3cnc[nH]3)CC[C@H]2OCc2cccc(c2)Oc2ccc(cc2OC)CCC1=O. The number of imidazole rings is 1. The molecule has 3 aliphatic rings. The molecule has 1 aromatic heterocycles. The Hall–Kier alpha value is -3.93. The van der Waals surface area contributed by atoms with Crippen LogP contribution in [0.2, 0.25) is 0 Å². The van der Waals surface area contributed by atoms with Crippen molar-refractivity contribution in [2.75, 3.05) is 47.0 Å². The van der Waals surface area contributed by atoms with E-state index < -0.39 is 0 Å². The summed E-state index contributed by atoms with van der Waals surface area (Å²) in [6, 6.07) is 13.2. The number of amides is 2. The van der Waals surface area contributed by atoms with Crippen LogP contribution < -0.4 is 14.8 Å². The Kier molecular flexibility index (Phi) is 10.6. The molecule has 0 aliphatic carbocycles. The first-order valence-corrected chi connectivity index (χ1v) is 14.8. The van der Waals surface area contributed by atoms with Crippen LogP contribution in [0.1, 0.15) is 36.1 Å². The number of hydrogen-bond donors (Lipinski definition) is 2. The third-order valence-electron chi connectivity index (χ3n) is 7.84. The minimum absolute atomic E-state index is 0.0234. The zero-order valence-electron chi connectivity index (χ0n) is 24.9. The molecule has 1 saturated heterocycles. The highest BCUT2D eigenvalue weighted by Crippen LogP contribution is 2.33. The molecule has 3 aliphatic heterocycles. The van der Waals surface area contributed by atoms with Gasteiger partial charge in [-0.2, -0.15) is 0 Å². The Morgan fingerprint density at radius 1 is 1.09 bits per heavy atom. The fourth-order valence-corrected chi connectivity index (χ4v) is 5.60. The van der Waals surface area contributed by atoms with Crippen molar-refractivity contribution in [3.63, 3.8) is 0 Å². The molecule has 0 saturated carbocycles. The number of carbonyl (C=O) groups is 2. The molecule has 2 N–H and O–H groups in total. The second-order valence-electron chi connectivity index (χ2n) is 11.0. The van der Waals surface area contributed by atoms with Crippen LogP contribution >= 0.6 is 0 Å². The summed E-state index contributed by atoms with van der Waals surface area (Å²) >= 11 is 0. The largest absolute Gasteiger partial charge is 0.493 e. The number of rotatable bonds is 7. The van der Waals surface area contributed by atoms with E-state index in [1.807, 2.05) is 48.7 Å². The second-order valence-corrected chi connectivity index (χ2v) is 11.0. The number of fused-ring (bicyclic) bond motifs is 9. The van der Waals surface area contributed by atoms with Gasteiger partial charge in [0.2, 0.25) is 11.8 Å². The minimum Gasteiger partial charge on any atom is -0.493 e. The number of aromatic nitrogens is 2. The van der Waals surface area contributed by atoms with Gasteiger partial charge in [-0.05, 0) is 54.7 Å². The van der Waals surface area contributed by atoms with Crippen molar-refractivity contribution >= 4 is 11.8 Å². The summed E-state index contributed by atoms with van der Waals surface area (Å²) in [7, 11) is 3.23. The summed E-state index contributed by atoms with van der Waals surface area (Å²) in [5.41, 5.74) is 2.92. The lowest BCUT2D eigenvalue weighted by Gasteiger charge is -2.39. The Morgan fingerprint density at radius 3 is 2.81 bits per heavy atom. The van der Waals surface area contributed by atoms with E-state index in [2.05, 4.69) is 20.2 Å². The van der Waals surface area contributed by atoms with Gasteiger partial charge < -0.3 is 34.1 Å². The van der Waals surface area contributed by atoms with Gasteiger partial charge in [-0.15, -0.1) is 0 Å². The van der Waals surface area contributed by atoms with Gasteiger partial charge in [-0.3, -0.25) is 14.5 Å². The molecule has 4 heterocycles. The van der Waals surface area contributed by atoms with Gasteiger partial charge in [-0.25, -0.2) is 4.98 Å². The number of aromatic amines is 1. The molecule has 11 nitrogen and oxygen atoms in total. The number of piperidine rings is 1. The highest BCUT2D eigenvalue weighted by atomic mass is 16.5. The van der Waals surface area contributed by atoms with Crippen LogP contribution in [-0.2, 0) is 38.6 Å². The predicted molar refractivity (Wildman–Crippen MR) is 160 cm³/mol. The lowest BCUT2D eigenvalue weighted by Crippen LogP contribution is -2.57. The van der Waals surface area contributed by atoms with Crippen LogP contribution in [0.15, 0.2) is 55.0 Å². The van der Waals surface area contributed by atoms with E-state index in [1.54, 1.807) is 25.4 Å². The van der Waals surface area contributed by atoms with Crippen molar-refractivity contribution in [1.29, 1.82) is 0 Å². The van der Waals surface area contributed by atoms with Crippen molar-refractivity contribution < 1.29 is 28.5 Å². The topological polar surface area (TPSA) is 118 Å². The number of hydrogen-bond acceptors (Lipinski definition) is 8. The van der Waals surface area contributed by atoms with E-state index in [-0.39, 0.29) is 36.9 Å². The van der Waals surface area contributed by atoms with Gasteiger partial charge >= 0.3 is 0 Å². The molecule has 4 bridgehead atoms. The van der Waals surface area contributed by atoms with E-state index >= 15 is 0 Å². The van der Waals surface area contributed by atoms with Crippen molar-refractivity contribution in [2.45, 2.75) is 51.0 Å². The first kappa shape index (κ1) is 30.5. The average molecular weight is 592 g/mol. The van der Waals surface area contributed by atoms with Gasteiger partial charge in [0.1, 0.15) is 5.75 Å². The number of H-pyrrole nitrogens is 1. The lowest BCUT2D eigenvalue weighted by atomic mass is 10.0. The molecule has 11 heteroatoms. The van der Waals surface area contributed by atoms with Gasteiger partial charge in [0, 0.05) is 58.2 Å². The average Bonchev–Trinajstić information content (AvgIpc) is 3.52. The highest BCUT2D eigenvalue weighted by Gasteiger charge is 2.32. The molecule has 0 radical (unpaired) electrons. The molecule has 0 unspecified atom stereocenters. The fourth-order valence-electron chi connectivity index (χ4n) is 5.60. The zero-order chi connectivity index (χ0) is 30.0. The third-order valence-corrected chi connectivity index (χ3v) is 7.84. The summed E-state index contributed by atoms with van der Waals surface area (Å²) in [5.74, 6) is 1.56. The predicted octanol–water partition coefficient (Wildman–Crippen LogP) is 3.30. The first-order valence-electron chi connectivity index (χ1n) is 14.8. The van der Waals surface area contributed by atoms with E-state index in [4.69, 9.17) is 18.9 Å². The number of methoxy groups -OCH3 is 2. The fraction of sp³-hybridized carbons (Fsp3) is 0.469. The summed E-state index contributed by atoms with van der Waals surface area (Å²) in [6.45, 7) is 3.41. The summed E-state index contributed by atoms with van der Waals surface area (Å²) in [5, 5.41) is 3.20. The smallest absolute Gasteiger partial charge is 0.239 e. The molecule has 230 valence electrons. The molecular formula is C32H41N5O6. The number of benzene rings is 2. The first-order chi connectivity index (χ1) is 21.0. The quantitative estimate of drug-likeness (QED) is 0.402. The number of nitrogens with zero attached hydrogens (tertiary/aromatic N) is 3. The number of aryl methyl sites for hydroxylation is 1. The molecule has 6 rings (SSSR count). The van der Waals surface area contributed by atoms with Crippen LogP contribution in [0.5, 0.6) is 17.2 Å². The number of ether oxygens (including phenoxy) is 4. The lowest BCUT2D eigenvalue weighted by molar-refractivity contribution is -0.137. The van der Waals surface area contributed by atoms with E-state index in [0.29, 0.717) is 62.9 Å². The van der Waals surface area contributed by atoms with Crippen LogP contribution in [0.4, 0.5) is 0 Å². The summed E-state index contributed by atoms with van der Waals surface area (Å²) in [6.07, 6.45) is 5.44. The van der Waals surface area contributed by atoms with E-state index in [0.717, 1.165) is 29.8 Å².